The van der Waals surface area contributed by atoms with Gasteiger partial charge in [-0.3, -0.25) is 0 Å². The van der Waals surface area contributed by atoms with E-state index in [1.165, 1.54) is 61.0 Å². The molecule has 3 aromatic rings. The Hall–Kier alpha value is -2.03. The van der Waals surface area contributed by atoms with Gasteiger partial charge in [0.15, 0.2) is 0 Å². The van der Waals surface area contributed by atoms with Crippen molar-refractivity contribution in [3.8, 4) is 0 Å². The first-order valence-corrected chi connectivity index (χ1v) is 13.9. The average Bonchev–Trinajstić information content (AvgIpc) is 3.29. The summed E-state index contributed by atoms with van der Waals surface area (Å²) in [6, 6.07) is 13.7. The fourth-order valence-corrected chi connectivity index (χ4v) is 8.50. The number of aryl methyl sites for hydroxylation is 6. The number of thiophene rings is 1. The van der Waals surface area contributed by atoms with E-state index >= 15 is 0 Å². The van der Waals surface area contributed by atoms with Gasteiger partial charge in [0.05, 0.1) is 0 Å². The third kappa shape index (κ3) is 4.16. The zero-order chi connectivity index (χ0) is 23.2. The van der Waals surface area contributed by atoms with E-state index in [4.69, 9.17) is 0 Å². The first kappa shape index (κ1) is 23.1. The molecule has 0 saturated heterocycles. The van der Waals surface area contributed by atoms with Crippen molar-refractivity contribution in [2.75, 3.05) is 9.80 Å². The fraction of sp³-hybridized carbons (Fsp3) is 0.321. The molecule has 1 aliphatic rings. The van der Waals surface area contributed by atoms with Gasteiger partial charge in [0, 0.05) is 0 Å². The monoisotopic (exact) mass is 531 g/mol. The average molecular weight is 531 g/mol. The van der Waals surface area contributed by atoms with E-state index < -0.39 is 0 Å². The summed E-state index contributed by atoms with van der Waals surface area (Å²) >= 11 is 1.77. The van der Waals surface area contributed by atoms with Crippen molar-refractivity contribution >= 4 is 27.3 Å². The van der Waals surface area contributed by atoms with Crippen molar-refractivity contribution in [3.63, 3.8) is 0 Å². The quantitative estimate of drug-likeness (QED) is 0.325. The third-order valence-corrected chi connectivity index (χ3v) is 9.61. The molecular formula is C28H33N2RuS. The van der Waals surface area contributed by atoms with Gasteiger partial charge in [0.25, 0.3) is 0 Å². The maximum absolute atomic E-state index is 2.63. The number of anilines is 2. The van der Waals surface area contributed by atoms with Crippen LogP contribution in [0.1, 0.15) is 52.1 Å². The van der Waals surface area contributed by atoms with Crippen LogP contribution in [0.5, 0.6) is 0 Å². The Morgan fingerprint density at radius 2 is 1.16 bits per heavy atom. The summed E-state index contributed by atoms with van der Waals surface area (Å²) in [5.41, 5.74) is 13.6. The molecule has 32 heavy (non-hydrogen) atoms. The number of hydrogen-bond donors (Lipinski definition) is 0. The molecule has 4 heteroatoms. The molecule has 0 N–H and O–H groups in total. The number of nitrogens with zero attached hydrogens (tertiary/aromatic N) is 2. The molecule has 0 fully saturated rings. The Bertz CT molecular complexity index is 1100. The third-order valence-electron chi connectivity index (χ3n) is 6.22. The molecule has 2 heterocycles. The van der Waals surface area contributed by atoms with Crippen molar-refractivity contribution in [1.29, 1.82) is 0 Å². The molecule has 4 rings (SSSR count). The Morgan fingerprint density at radius 1 is 0.719 bits per heavy atom. The van der Waals surface area contributed by atoms with Crippen LogP contribution >= 0.6 is 11.3 Å². The zero-order valence-electron chi connectivity index (χ0n) is 20.4. The van der Waals surface area contributed by atoms with Gasteiger partial charge in [0.2, 0.25) is 0 Å². The van der Waals surface area contributed by atoms with Gasteiger partial charge in [-0.15, -0.1) is 0 Å². The molecule has 0 unspecified atom stereocenters. The molecule has 0 spiro atoms. The summed E-state index contributed by atoms with van der Waals surface area (Å²) in [5, 5.41) is 2.17. The summed E-state index contributed by atoms with van der Waals surface area (Å²) in [4.78, 5) is 6.63. The molecule has 2 nitrogen and oxygen atoms in total. The molecule has 0 radical (unpaired) electrons. The molecule has 1 aromatic heterocycles. The Morgan fingerprint density at radius 3 is 1.53 bits per heavy atom. The Labute approximate surface area is 204 Å². The van der Waals surface area contributed by atoms with E-state index in [0.717, 1.165) is 0 Å². The zero-order valence-corrected chi connectivity index (χ0v) is 22.9. The molecule has 0 amide bonds. The number of hydrogen-bond acceptors (Lipinski definition) is 3. The van der Waals surface area contributed by atoms with E-state index in [1.807, 2.05) is 11.3 Å². The van der Waals surface area contributed by atoms with E-state index in [1.54, 1.807) is 0 Å². The van der Waals surface area contributed by atoms with Crippen LogP contribution in [-0.4, -0.2) is 9.37 Å². The fourth-order valence-electron chi connectivity index (χ4n) is 4.99. The van der Waals surface area contributed by atoms with E-state index in [-0.39, 0.29) is 16.7 Å². The molecular weight excluding hydrogens is 497 g/mol. The van der Waals surface area contributed by atoms with E-state index in [2.05, 4.69) is 112 Å². The number of allylic oxidation sites excluding steroid dienone is 2. The molecule has 0 atom stereocenters. The van der Waals surface area contributed by atoms with Crippen LogP contribution in [0.25, 0.3) is 0 Å². The first-order chi connectivity index (χ1) is 15.2. The second kappa shape index (κ2) is 9.08. The summed E-state index contributed by atoms with van der Waals surface area (Å²) < 4.78 is 2.79. The maximum atomic E-state index is 2.63. The number of rotatable bonds is 4. The normalized spacial score (nSPS) is 15.2. The van der Waals surface area contributed by atoms with Crippen LogP contribution < -0.4 is 9.80 Å². The first-order valence-electron chi connectivity index (χ1n) is 11.1. The van der Waals surface area contributed by atoms with Crippen molar-refractivity contribution in [2.45, 2.75) is 60.2 Å². The second-order valence-corrected chi connectivity index (χ2v) is 11.9. The van der Waals surface area contributed by atoms with E-state index in [0.29, 0.717) is 4.76 Å². The van der Waals surface area contributed by atoms with Crippen LogP contribution in [0.4, 0.5) is 11.4 Å². The second-order valence-electron chi connectivity index (χ2n) is 8.94. The van der Waals surface area contributed by atoms with Crippen molar-refractivity contribution in [3.05, 3.63) is 91.4 Å². The predicted octanol–water partition coefficient (Wildman–Crippen LogP) is 7.39. The summed E-state index contributed by atoms with van der Waals surface area (Å²) in [6.45, 7) is 18.0. The molecule has 0 saturated carbocycles. The van der Waals surface area contributed by atoms with Crippen LogP contribution in [0.15, 0.2) is 53.2 Å². The van der Waals surface area contributed by atoms with Gasteiger partial charge >= 0.3 is 205 Å². The van der Waals surface area contributed by atoms with Gasteiger partial charge in [0.1, 0.15) is 0 Å². The minimum atomic E-state index is -0.0631. The van der Waals surface area contributed by atoms with Gasteiger partial charge in [-0.1, -0.05) is 0 Å². The van der Waals surface area contributed by atoms with Crippen LogP contribution in [-0.2, 0) is 16.7 Å². The van der Waals surface area contributed by atoms with Gasteiger partial charge < -0.3 is 0 Å². The van der Waals surface area contributed by atoms with Gasteiger partial charge in [-0.2, -0.15) is 0 Å². The Kier molecular flexibility index (Phi) is 6.57. The summed E-state index contributed by atoms with van der Waals surface area (Å²) in [5.74, 6) is 0. The summed E-state index contributed by atoms with van der Waals surface area (Å²) in [7, 11) is 0. The van der Waals surface area contributed by atoms with Crippen molar-refractivity contribution in [1.82, 2.24) is 0 Å². The summed E-state index contributed by atoms with van der Waals surface area (Å²) in [6.07, 6.45) is 0. The topological polar surface area (TPSA) is 6.48 Å². The standard InChI is InChI=1S/C23H29N2.C5H4S.Ru/c1-14-9-16(3)22(17(4)10-14)24-13-25(21(8)20(24)7)23-18(5)11-15(2)12-19(23)6;1-5-3-2-4-6-5;/h9-13H,1-8H3;1-4H;. The molecule has 2 aromatic carbocycles. The molecule has 0 aliphatic carbocycles. The SMILES string of the molecule is CC1=C(C)N(c2c(C)cc(C)cc2C)[CH]([Ru]=[CH]c2cccs2)N1c1c(C)cc(C)cc1C. The van der Waals surface area contributed by atoms with Crippen LogP contribution in [0.3, 0.4) is 0 Å². The van der Waals surface area contributed by atoms with Crippen molar-refractivity contribution < 1.29 is 16.7 Å². The van der Waals surface area contributed by atoms with Gasteiger partial charge in [-0.05, 0) is 0 Å². The van der Waals surface area contributed by atoms with Gasteiger partial charge in [-0.25, -0.2) is 0 Å². The van der Waals surface area contributed by atoms with Crippen molar-refractivity contribution in [2.24, 2.45) is 0 Å². The van der Waals surface area contributed by atoms with Crippen LogP contribution in [0, 0.1) is 41.5 Å². The molecule has 169 valence electrons. The molecule has 0 bridgehead atoms. The number of benzene rings is 2. The molecule has 1 aliphatic heterocycles. The predicted molar refractivity (Wildman–Crippen MR) is 138 cm³/mol. The Balaban J connectivity index is 1.93. The minimum absolute atomic E-state index is 0.0631. The van der Waals surface area contributed by atoms with E-state index in [9.17, 15) is 0 Å². The van der Waals surface area contributed by atoms with Crippen LogP contribution in [0.2, 0.25) is 0 Å².